The van der Waals surface area contributed by atoms with Gasteiger partial charge in [-0.05, 0) is 76.4 Å². The molecule has 158 valence electrons. The van der Waals surface area contributed by atoms with Crippen molar-refractivity contribution in [1.29, 1.82) is 0 Å². The van der Waals surface area contributed by atoms with Gasteiger partial charge in [-0.15, -0.1) is 0 Å². The summed E-state index contributed by atoms with van der Waals surface area (Å²) in [5, 5.41) is 9.50. The van der Waals surface area contributed by atoms with Crippen LogP contribution in [0.2, 0.25) is 5.02 Å². The van der Waals surface area contributed by atoms with Gasteiger partial charge in [0.2, 0.25) is 0 Å². The molecule has 0 radical (unpaired) electrons. The largest absolute Gasteiger partial charge is 0.415 e. The molecule has 1 amide bonds. The molecule has 1 saturated carbocycles. The van der Waals surface area contributed by atoms with E-state index in [1.807, 2.05) is 7.05 Å². The molecule has 0 bridgehead atoms. The predicted octanol–water partition coefficient (Wildman–Crippen LogP) is 3.80. The zero-order valence-corrected chi connectivity index (χ0v) is 17.7. The normalized spacial score (nSPS) is 19.6. The highest BCUT2D eigenvalue weighted by Crippen LogP contribution is 2.25. The fourth-order valence-electron chi connectivity index (χ4n) is 3.44. The van der Waals surface area contributed by atoms with Crippen molar-refractivity contribution in [2.24, 2.45) is 0 Å². The number of amides is 1. The molecule has 0 aliphatic heterocycles. The Hall–Kier alpha value is -1.34. The van der Waals surface area contributed by atoms with Gasteiger partial charge < -0.3 is 24.4 Å². The van der Waals surface area contributed by atoms with Gasteiger partial charge >= 0.3 is 6.09 Å². The van der Waals surface area contributed by atoms with E-state index < -0.39 is 0 Å². The minimum atomic E-state index is -0.335. The molecule has 1 N–H and O–H groups in total. The molecular weight excluding hydrogens is 380 g/mol. The number of halogens is 1. The number of unbranched alkanes of at least 4 members (excludes halogenated alkanes) is 1. The molecule has 0 aromatic heterocycles. The molecule has 1 aliphatic carbocycles. The Morgan fingerprint density at radius 1 is 1.11 bits per heavy atom. The Morgan fingerprint density at radius 3 is 2.43 bits per heavy atom. The summed E-state index contributed by atoms with van der Waals surface area (Å²) >= 11 is 5.85. The second kappa shape index (κ2) is 12.3. The van der Waals surface area contributed by atoms with Crippen molar-refractivity contribution >= 4 is 17.7 Å². The quantitative estimate of drug-likeness (QED) is 0.592. The van der Waals surface area contributed by atoms with Gasteiger partial charge in [-0.3, -0.25) is 0 Å². The number of carbonyl (C=O) groups is 1. The maximum atomic E-state index is 12.3. The maximum absolute atomic E-state index is 12.3. The Bertz CT molecular complexity index is 576. The average molecular weight is 413 g/mol. The van der Waals surface area contributed by atoms with E-state index in [4.69, 9.17) is 26.2 Å². The highest BCUT2D eigenvalue weighted by Gasteiger charge is 2.27. The van der Waals surface area contributed by atoms with Gasteiger partial charge in [0.15, 0.2) is 0 Å². The Balaban J connectivity index is 1.61. The minimum Gasteiger partial charge on any atom is -0.410 e. The number of nitrogens with zero attached hydrogens (tertiary/aromatic N) is 2. The Labute approximate surface area is 173 Å². The standard InChI is InChI=1S/C21H33ClN2O4/c1-23(14-15-25)13-3-4-16-27-19-11-7-18(8-12-19)24(2)21(26)28-20-9-5-17(22)6-10-20/h5-6,9-10,18-19,25H,3-4,7-8,11-16H2,1-2H3. The van der Waals surface area contributed by atoms with E-state index in [2.05, 4.69) is 4.90 Å². The summed E-state index contributed by atoms with van der Waals surface area (Å²) in [5.74, 6) is 0.503. The second-order valence-corrected chi connectivity index (χ2v) is 7.90. The van der Waals surface area contributed by atoms with Gasteiger partial charge in [0.05, 0.1) is 12.7 Å². The van der Waals surface area contributed by atoms with Gasteiger partial charge in [-0.1, -0.05) is 11.6 Å². The van der Waals surface area contributed by atoms with Crippen LogP contribution in [-0.4, -0.2) is 73.5 Å². The third-order valence-corrected chi connectivity index (χ3v) is 5.52. The molecule has 1 aliphatic rings. The van der Waals surface area contributed by atoms with Gasteiger partial charge in [-0.2, -0.15) is 0 Å². The van der Waals surface area contributed by atoms with Crippen molar-refractivity contribution in [1.82, 2.24) is 9.80 Å². The number of benzene rings is 1. The van der Waals surface area contributed by atoms with Crippen molar-refractivity contribution in [3.8, 4) is 5.75 Å². The molecule has 6 nitrogen and oxygen atoms in total. The smallest absolute Gasteiger partial charge is 0.410 e. The molecule has 0 heterocycles. The molecule has 0 unspecified atom stereocenters. The highest BCUT2D eigenvalue weighted by atomic mass is 35.5. The highest BCUT2D eigenvalue weighted by molar-refractivity contribution is 6.30. The summed E-state index contributed by atoms with van der Waals surface area (Å²) in [5.41, 5.74) is 0. The molecule has 28 heavy (non-hydrogen) atoms. The first-order valence-electron chi connectivity index (χ1n) is 10.1. The average Bonchev–Trinajstić information content (AvgIpc) is 2.69. The minimum absolute atomic E-state index is 0.187. The van der Waals surface area contributed by atoms with Gasteiger partial charge in [0.1, 0.15) is 5.75 Å². The number of aliphatic hydroxyl groups is 1. The number of likely N-dealkylation sites (N-methyl/N-ethyl adjacent to an activating group) is 1. The fourth-order valence-corrected chi connectivity index (χ4v) is 3.57. The van der Waals surface area contributed by atoms with Crippen LogP contribution in [-0.2, 0) is 4.74 Å². The van der Waals surface area contributed by atoms with Gasteiger partial charge in [-0.25, -0.2) is 4.79 Å². The molecule has 0 saturated heterocycles. The third kappa shape index (κ3) is 7.95. The molecule has 7 heteroatoms. The van der Waals surface area contributed by atoms with Crippen molar-refractivity contribution in [3.05, 3.63) is 29.3 Å². The van der Waals surface area contributed by atoms with E-state index in [0.717, 1.165) is 58.2 Å². The number of carbonyl (C=O) groups excluding carboxylic acids is 1. The van der Waals surface area contributed by atoms with Crippen LogP contribution in [0.1, 0.15) is 38.5 Å². The lowest BCUT2D eigenvalue weighted by atomic mass is 9.92. The maximum Gasteiger partial charge on any atom is 0.415 e. The number of hydrogen-bond acceptors (Lipinski definition) is 5. The summed E-state index contributed by atoms with van der Waals surface area (Å²) in [7, 11) is 3.82. The summed E-state index contributed by atoms with van der Waals surface area (Å²) in [6.07, 6.45) is 5.84. The van der Waals surface area contributed by atoms with Crippen LogP contribution < -0.4 is 4.74 Å². The first-order valence-corrected chi connectivity index (χ1v) is 10.5. The molecule has 2 rings (SSSR count). The SMILES string of the molecule is CN(CCO)CCCCOC1CCC(N(C)C(=O)Oc2ccc(Cl)cc2)CC1. The second-order valence-electron chi connectivity index (χ2n) is 7.47. The number of hydrogen-bond donors (Lipinski definition) is 1. The van der Waals surface area contributed by atoms with E-state index in [1.54, 1.807) is 36.2 Å². The van der Waals surface area contributed by atoms with Crippen LogP contribution in [0.3, 0.4) is 0 Å². The topological polar surface area (TPSA) is 62.2 Å². The summed E-state index contributed by atoms with van der Waals surface area (Å²) in [6.45, 7) is 2.69. The summed E-state index contributed by atoms with van der Waals surface area (Å²) in [6, 6.07) is 6.99. The lowest BCUT2D eigenvalue weighted by Crippen LogP contribution is -2.42. The molecule has 1 fully saturated rings. The van der Waals surface area contributed by atoms with E-state index in [9.17, 15) is 4.79 Å². The fraction of sp³-hybridized carbons (Fsp3) is 0.667. The zero-order chi connectivity index (χ0) is 20.4. The van der Waals surface area contributed by atoms with E-state index in [-0.39, 0.29) is 24.8 Å². The summed E-state index contributed by atoms with van der Waals surface area (Å²) in [4.78, 5) is 16.2. The van der Waals surface area contributed by atoms with E-state index in [1.165, 1.54) is 0 Å². The molecule has 1 aromatic rings. The van der Waals surface area contributed by atoms with Crippen LogP contribution in [0.4, 0.5) is 4.79 Å². The van der Waals surface area contributed by atoms with Crippen molar-refractivity contribution in [2.75, 3.05) is 40.4 Å². The van der Waals surface area contributed by atoms with Crippen LogP contribution in [0.5, 0.6) is 5.75 Å². The number of rotatable bonds is 10. The Kier molecular flexibility index (Phi) is 10.1. The summed E-state index contributed by atoms with van der Waals surface area (Å²) < 4.78 is 11.4. The van der Waals surface area contributed by atoms with Gasteiger partial charge in [0, 0.05) is 31.3 Å². The Morgan fingerprint density at radius 2 is 1.79 bits per heavy atom. The molecule has 0 atom stereocenters. The monoisotopic (exact) mass is 412 g/mol. The number of aliphatic hydroxyl groups excluding tert-OH is 1. The predicted molar refractivity (Wildman–Crippen MR) is 111 cm³/mol. The van der Waals surface area contributed by atoms with Crippen LogP contribution in [0.25, 0.3) is 0 Å². The molecule has 1 aromatic carbocycles. The number of ether oxygens (including phenoxy) is 2. The van der Waals surface area contributed by atoms with Crippen molar-refractivity contribution < 1.29 is 19.4 Å². The zero-order valence-electron chi connectivity index (χ0n) is 17.0. The lowest BCUT2D eigenvalue weighted by Gasteiger charge is -2.34. The van der Waals surface area contributed by atoms with Gasteiger partial charge in [0.25, 0.3) is 0 Å². The molecular formula is C21H33ClN2O4. The first-order chi connectivity index (χ1) is 13.5. The lowest BCUT2D eigenvalue weighted by molar-refractivity contribution is 0.0100. The first kappa shape index (κ1) is 22.9. The van der Waals surface area contributed by atoms with Crippen LogP contribution in [0, 0.1) is 0 Å². The third-order valence-electron chi connectivity index (χ3n) is 5.27. The van der Waals surface area contributed by atoms with Crippen molar-refractivity contribution in [3.63, 3.8) is 0 Å². The van der Waals surface area contributed by atoms with E-state index in [0.29, 0.717) is 10.8 Å². The van der Waals surface area contributed by atoms with E-state index >= 15 is 0 Å². The van der Waals surface area contributed by atoms with Crippen LogP contribution >= 0.6 is 11.6 Å². The van der Waals surface area contributed by atoms with Crippen LogP contribution in [0.15, 0.2) is 24.3 Å². The van der Waals surface area contributed by atoms with Crippen molar-refractivity contribution in [2.45, 2.75) is 50.7 Å². The molecule has 0 spiro atoms.